The molecule has 0 atom stereocenters. The average molecular weight is 409 g/mol. The van der Waals surface area contributed by atoms with E-state index in [1.165, 1.54) is 16.9 Å². The number of Topliss-reactive ketones (excluding diaryl/α,β-unsaturated/α-hetero) is 1. The van der Waals surface area contributed by atoms with Crippen molar-refractivity contribution in [3.63, 3.8) is 0 Å². The summed E-state index contributed by atoms with van der Waals surface area (Å²) in [6.07, 6.45) is 11.8. The van der Waals surface area contributed by atoms with E-state index >= 15 is 0 Å². The second-order valence-corrected chi connectivity index (χ2v) is 9.55. The number of carbonyl (C=O) groups excluding carboxylic acids is 1. The predicted molar refractivity (Wildman–Crippen MR) is 111 cm³/mol. The smallest absolute Gasteiger partial charge is 0.332 e. The predicted octanol–water partition coefficient (Wildman–Crippen LogP) is 4.40. The van der Waals surface area contributed by atoms with Gasteiger partial charge in [-0.05, 0) is 74.8 Å². The fourth-order valence-corrected chi connectivity index (χ4v) is 6.85. The minimum atomic E-state index is -0.903. The standard InChI is InChI=1S/C23H24N2O3S/c26-16(19-13-6-8-14(9-7-13)20(19)23(27)28)12-18-21(22-24-10-3-11-25-22)15-4-1-2-5-17(15)29-18/h3,10-11,13-14H,1-2,4-9,12H2,(H,27,28). The lowest BCUT2D eigenvalue weighted by Gasteiger charge is -2.38. The zero-order chi connectivity index (χ0) is 20.0. The average Bonchev–Trinajstić information content (AvgIpc) is 3.12. The monoisotopic (exact) mass is 408 g/mol. The SMILES string of the molecule is O=C(O)C1=C(C(=O)Cc2sc3c(c2-c2ncccn2)CCCC3)C2CCC1CC2. The van der Waals surface area contributed by atoms with Gasteiger partial charge in [0.05, 0.1) is 0 Å². The van der Waals surface area contributed by atoms with Crippen molar-refractivity contribution in [2.24, 2.45) is 11.8 Å². The van der Waals surface area contributed by atoms with Gasteiger partial charge in [0.2, 0.25) is 0 Å². The number of rotatable bonds is 5. The van der Waals surface area contributed by atoms with Gasteiger partial charge in [0.15, 0.2) is 11.6 Å². The van der Waals surface area contributed by atoms with Gasteiger partial charge >= 0.3 is 5.97 Å². The van der Waals surface area contributed by atoms with Crippen LogP contribution in [0.4, 0.5) is 0 Å². The Balaban J connectivity index is 1.56. The second-order valence-electron chi connectivity index (χ2n) is 8.36. The van der Waals surface area contributed by atoms with E-state index < -0.39 is 5.97 Å². The minimum absolute atomic E-state index is 0.00687. The summed E-state index contributed by atoms with van der Waals surface area (Å²) in [7, 11) is 0. The fourth-order valence-electron chi connectivity index (χ4n) is 5.45. The number of carboxylic acid groups (broad SMARTS) is 1. The molecular formula is C23H24N2O3S. The van der Waals surface area contributed by atoms with Crippen LogP contribution in [0.3, 0.4) is 0 Å². The Bertz CT molecular complexity index is 1000. The van der Waals surface area contributed by atoms with E-state index in [4.69, 9.17) is 0 Å². The molecule has 4 aliphatic carbocycles. The van der Waals surface area contributed by atoms with Crippen molar-refractivity contribution >= 4 is 23.1 Å². The van der Waals surface area contributed by atoms with Gasteiger partial charge in [-0.15, -0.1) is 11.3 Å². The molecule has 6 heteroatoms. The van der Waals surface area contributed by atoms with Crippen molar-refractivity contribution < 1.29 is 14.7 Å². The van der Waals surface area contributed by atoms with Crippen LogP contribution < -0.4 is 0 Å². The van der Waals surface area contributed by atoms with Crippen molar-refractivity contribution in [1.29, 1.82) is 0 Å². The number of hydrogen-bond donors (Lipinski definition) is 1. The van der Waals surface area contributed by atoms with Crippen LogP contribution in [0.25, 0.3) is 11.4 Å². The van der Waals surface area contributed by atoms with E-state index in [-0.39, 0.29) is 24.0 Å². The minimum Gasteiger partial charge on any atom is -0.478 e. The van der Waals surface area contributed by atoms with Crippen molar-refractivity contribution in [3.05, 3.63) is 44.9 Å². The summed E-state index contributed by atoms with van der Waals surface area (Å²) in [5.41, 5.74) is 3.33. The largest absolute Gasteiger partial charge is 0.478 e. The number of nitrogens with zero attached hydrogens (tertiary/aromatic N) is 2. The lowest BCUT2D eigenvalue weighted by atomic mass is 9.65. The van der Waals surface area contributed by atoms with Gasteiger partial charge in [0.25, 0.3) is 0 Å². The molecule has 1 N–H and O–H groups in total. The number of aromatic nitrogens is 2. The molecule has 4 aliphatic rings. The molecule has 0 amide bonds. The first kappa shape index (κ1) is 18.7. The first-order valence-corrected chi connectivity index (χ1v) is 11.4. The van der Waals surface area contributed by atoms with E-state index in [1.54, 1.807) is 29.8 Å². The number of allylic oxidation sites excluding steroid dienone is 1. The third-order valence-corrected chi connectivity index (χ3v) is 8.01. The third kappa shape index (κ3) is 3.23. The summed E-state index contributed by atoms with van der Waals surface area (Å²) in [6, 6.07) is 1.80. The van der Waals surface area contributed by atoms with Gasteiger partial charge in [0.1, 0.15) is 0 Å². The molecule has 1 fully saturated rings. The summed E-state index contributed by atoms with van der Waals surface area (Å²) in [5, 5.41) is 9.78. The third-order valence-electron chi connectivity index (χ3n) is 6.72. The van der Waals surface area contributed by atoms with Gasteiger partial charge < -0.3 is 5.11 Å². The molecule has 0 spiro atoms. The van der Waals surface area contributed by atoms with Crippen LogP contribution in [0.15, 0.2) is 29.6 Å². The number of carbonyl (C=O) groups is 2. The van der Waals surface area contributed by atoms with Crippen molar-refractivity contribution in [2.75, 3.05) is 0 Å². The summed E-state index contributed by atoms with van der Waals surface area (Å²) in [6.45, 7) is 0. The van der Waals surface area contributed by atoms with E-state index in [2.05, 4.69) is 9.97 Å². The summed E-state index contributed by atoms with van der Waals surface area (Å²) < 4.78 is 0. The highest BCUT2D eigenvalue weighted by atomic mass is 32.1. The van der Waals surface area contributed by atoms with Crippen LogP contribution in [0, 0.1) is 11.8 Å². The highest BCUT2D eigenvalue weighted by molar-refractivity contribution is 7.12. The summed E-state index contributed by atoms with van der Waals surface area (Å²) in [5.74, 6) is -0.0609. The van der Waals surface area contributed by atoms with Crippen molar-refractivity contribution in [3.8, 4) is 11.4 Å². The topological polar surface area (TPSA) is 80.1 Å². The molecular weight excluding hydrogens is 384 g/mol. The number of hydrogen-bond acceptors (Lipinski definition) is 5. The molecule has 1 saturated carbocycles. The van der Waals surface area contributed by atoms with Gasteiger partial charge in [0, 0.05) is 45.3 Å². The molecule has 0 saturated heterocycles. The van der Waals surface area contributed by atoms with Crippen molar-refractivity contribution in [2.45, 2.75) is 57.8 Å². The summed E-state index contributed by atoms with van der Waals surface area (Å²) >= 11 is 1.71. The quantitative estimate of drug-likeness (QED) is 0.793. The van der Waals surface area contributed by atoms with Crippen molar-refractivity contribution in [1.82, 2.24) is 9.97 Å². The summed E-state index contributed by atoms with van der Waals surface area (Å²) in [4.78, 5) is 36.6. The Morgan fingerprint density at radius 2 is 1.66 bits per heavy atom. The molecule has 2 bridgehead atoms. The Morgan fingerprint density at radius 3 is 2.34 bits per heavy atom. The Labute approximate surface area is 173 Å². The number of thiophene rings is 1. The fraction of sp³-hybridized carbons (Fsp3) is 0.478. The van der Waals surface area contributed by atoms with Gasteiger partial charge in [-0.1, -0.05) is 0 Å². The number of fused-ring (bicyclic) bond motifs is 3. The van der Waals surface area contributed by atoms with Gasteiger partial charge in [-0.2, -0.15) is 0 Å². The molecule has 0 aromatic carbocycles. The lowest BCUT2D eigenvalue weighted by molar-refractivity contribution is -0.134. The molecule has 5 nitrogen and oxygen atoms in total. The first-order chi connectivity index (χ1) is 14.1. The highest BCUT2D eigenvalue weighted by Crippen LogP contribution is 2.47. The Kier molecular flexibility index (Phi) is 4.82. The van der Waals surface area contributed by atoms with Crippen LogP contribution in [0.2, 0.25) is 0 Å². The number of aryl methyl sites for hydroxylation is 1. The zero-order valence-corrected chi connectivity index (χ0v) is 17.1. The molecule has 0 aliphatic heterocycles. The number of ketones is 1. The molecule has 29 heavy (non-hydrogen) atoms. The van der Waals surface area contributed by atoms with Gasteiger partial charge in [-0.3, -0.25) is 4.79 Å². The number of carboxylic acids is 1. The van der Waals surface area contributed by atoms with Crippen LogP contribution in [-0.4, -0.2) is 26.8 Å². The highest BCUT2D eigenvalue weighted by Gasteiger charge is 2.41. The van der Waals surface area contributed by atoms with Crippen LogP contribution >= 0.6 is 11.3 Å². The zero-order valence-electron chi connectivity index (χ0n) is 16.3. The van der Waals surface area contributed by atoms with E-state index in [0.717, 1.165) is 55.4 Å². The van der Waals surface area contributed by atoms with Crippen LogP contribution in [0.5, 0.6) is 0 Å². The van der Waals surface area contributed by atoms with Crippen LogP contribution in [0.1, 0.15) is 53.8 Å². The van der Waals surface area contributed by atoms with Crippen LogP contribution in [-0.2, 0) is 28.9 Å². The molecule has 6 rings (SSSR count). The molecule has 2 aromatic heterocycles. The van der Waals surface area contributed by atoms with E-state index in [0.29, 0.717) is 17.0 Å². The maximum Gasteiger partial charge on any atom is 0.332 e. The first-order valence-electron chi connectivity index (χ1n) is 10.5. The Morgan fingerprint density at radius 1 is 1.00 bits per heavy atom. The maximum absolute atomic E-state index is 13.4. The molecule has 2 heterocycles. The Hall–Kier alpha value is -2.34. The molecule has 0 unspecified atom stereocenters. The van der Waals surface area contributed by atoms with E-state index in [9.17, 15) is 14.7 Å². The lowest BCUT2D eigenvalue weighted by Crippen LogP contribution is -2.34. The normalized spacial score (nSPS) is 23.2. The molecule has 0 radical (unpaired) electrons. The van der Waals surface area contributed by atoms with Gasteiger partial charge in [-0.25, -0.2) is 14.8 Å². The maximum atomic E-state index is 13.4. The van der Waals surface area contributed by atoms with E-state index in [1.807, 2.05) is 0 Å². The molecule has 2 aromatic rings. The molecule has 150 valence electrons. The number of aliphatic carboxylic acids is 1. The second kappa shape index (κ2) is 7.48.